The topological polar surface area (TPSA) is 19.4 Å². The molecule has 2 aliphatic heterocycles. The number of likely N-dealkylation sites (N-methyl/N-ethyl adjacent to an activating group) is 1. The van der Waals surface area contributed by atoms with E-state index in [1.54, 1.807) is 0 Å². The minimum Gasteiger partial charge on any atom is -0.303 e. The molecule has 0 radical (unpaired) electrons. The van der Waals surface area contributed by atoms with E-state index in [1.807, 2.05) is 24.4 Å². The van der Waals surface area contributed by atoms with Crippen LogP contribution in [0.1, 0.15) is 35.2 Å². The zero-order chi connectivity index (χ0) is 21.7. The second kappa shape index (κ2) is 8.15. The molecular formula is C28H28ClN3. The molecule has 4 heteroatoms. The van der Waals surface area contributed by atoms with Gasteiger partial charge in [0.25, 0.3) is 0 Å². The first-order valence-corrected chi connectivity index (χ1v) is 12.0. The lowest BCUT2D eigenvalue weighted by molar-refractivity contribution is 0.0760. The van der Waals surface area contributed by atoms with Crippen molar-refractivity contribution in [3.8, 4) is 11.1 Å². The first-order valence-electron chi connectivity index (χ1n) is 11.6. The van der Waals surface area contributed by atoms with Crippen molar-refractivity contribution >= 4 is 17.2 Å². The molecule has 3 nitrogen and oxygen atoms in total. The normalized spacial score (nSPS) is 22.8. The van der Waals surface area contributed by atoms with Gasteiger partial charge >= 0.3 is 0 Å². The zero-order valence-corrected chi connectivity index (χ0v) is 19.2. The van der Waals surface area contributed by atoms with E-state index in [2.05, 4.69) is 59.3 Å². The second-order valence-corrected chi connectivity index (χ2v) is 9.96. The van der Waals surface area contributed by atoms with Crippen LogP contribution in [0.5, 0.6) is 0 Å². The number of piperazine rings is 1. The molecule has 0 saturated carbocycles. The molecule has 32 heavy (non-hydrogen) atoms. The first-order chi connectivity index (χ1) is 15.6. The highest BCUT2D eigenvalue weighted by Crippen LogP contribution is 2.35. The van der Waals surface area contributed by atoms with E-state index in [9.17, 15) is 0 Å². The number of rotatable bonds is 4. The summed E-state index contributed by atoms with van der Waals surface area (Å²) >= 11 is 6.24. The summed E-state index contributed by atoms with van der Waals surface area (Å²) < 4.78 is 0. The maximum atomic E-state index is 6.24. The number of benzene rings is 2. The van der Waals surface area contributed by atoms with Gasteiger partial charge in [-0.25, -0.2) is 0 Å². The molecule has 2 atom stereocenters. The first kappa shape index (κ1) is 20.2. The smallest absolute Gasteiger partial charge is 0.0520 e. The molecule has 2 bridgehead atoms. The van der Waals surface area contributed by atoms with E-state index in [1.165, 1.54) is 53.8 Å². The summed E-state index contributed by atoms with van der Waals surface area (Å²) in [7, 11) is 2.26. The standard InChI is InChI=1S/C28H28ClN3/c1-31-17-24-9-10-25(18-31)32(24)16-19-5-7-20(8-6-19)22-14-27-26(11-12-28(27)30-15-22)21-3-2-4-23(29)13-21/h2-8,11,13-15,24-25H,9-10,12,16-18H2,1H3. The number of likely N-dealkylation sites (tertiary alicyclic amines) is 1. The van der Waals surface area contributed by atoms with Crippen LogP contribution in [0.3, 0.4) is 0 Å². The van der Waals surface area contributed by atoms with Crippen LogP contribution in [0.15, 0.2) is 66.9 Å². The van der Waals surface area contributed by atoms with Crippen molar-refractivity contribution in [2.24, 2.45) is 0 Å². The summed E-state index contributed by atoms with van der Waals surface area (Å²) in [5.74, 6) is 0. The van der Waals surface area contributed by atoms with Gasteiger partial charge in [0, 0.05) is 60.5 Å². The van der Waals surface area contributed by atoms with Gasteiger partial charge in [-0.2, -0.15) is 0 Å². The van der Waals surface area contributed by atoms with Crippen molar-refractivity contribution in [2.75, 3.05) is 20.1 Å². The minimum atomic E-state index is 0.719. The summed E-state index contributed by atoms with van der Waals surface area (Å²) in [5, 5.41) is 0.769. The molecular weight excluding hydrogens is 414 g/mol. The van der Waals surface area contributed by atoms with Crippen molar-refractivity contribution in [2.45, 2.75) is 37.9 Å². The van der Waals surface area contributed by atoms with Gasteiger partial charge < -0.3 is 4.90 Å². The van der Waals surface area contributed by atoms with Crippen LogP contribution < -0.4 is 0 Å². The Hall–Kier alpha value is -2.46. The molecule has 0 N–H and O–H groups in total. The molecule has 3 heterocycles. The van der Waals surface area contributed by atoms with Gasteiger partial charge in [0.1, 0.15) is 0 Å². The number of hydrogen-bond acceptors (Lipinski definition) is 3. The van der Waals surface area contributed by atoms with E-state index in [4.69, 9.17) is 16.6 Å². The van der Waals surface area contributed by atoms with E-state index >= 15 is 0 Å². The van der Waals surface area contributed by atoms with Gasteiger partial charge in [0.05, 0.1) is 5.69 Å². The van der Waals surface area contributed by atoms with Crippen molar-refractivity contribution < 1.29 is 0 Å². The van der Waals surface area contributed by atoms with Gasteiger partial charge in [-0.3, -0.25) is 9.88 Å². The maximum Gasteiger partial charge on any atom is 0.0520 e. The maximum absolute atomic E-state index is 6.24. The average Bonchev–Trinajstić information content (AvgIpc) is 3.32. The Morgan fingerprint density at radius 3 is 2.47 bits per heavy atom. The summed E-state index contributed by atoms with van der Waals surface area (Å²) in [6.45, 7) is 3.48. The predicted octanol–water partition coefficient (Wildman–Crippen LogP) is 5.67. The molecule has 2 aromatic carbocycles. The van der Waals surface area contributed by atoms with Crippen molar-refractivity contribution in [3.05, 3.63) is 94.3 Å². The number of pyridine rings is 1. The number of aromatic nitrogens is 1. The fourth-order valence-corrected chi connectivity index (χ4v) is 5.95. The fraction of sp³-hybridized carbons (Fsp3) is 0.321. The molecule has 2 fully saturated rings. The lowest BCUT2D eigenvalue weighted by Crippen LogP contribution is -2.51. The molecule has 162 valence electrons. The quantitative estimate of drug-likeness (QED) is 0.520. The van der Waals surface area contributed by atoms with E-state index in [0.29, 0.717) is 0 Å². The Kier molecular flexibility index (Phi) is 5.14. The monoisotopic (exact) mass is 441 g/mol. The number of fused-ring (bicyclic) bond motifs is 3. The van der Waals surface area contributed by atoms with Gasteiger partial charge in [0.2, 0.25) is 0 Å². The number of halogens is 1. The Morgan fingerprint density at radius 2 is 1.72 bits per heavy atom. The summed E-state index contributed by atoms with van der Waals surface area (Å²) in [4.78, 5) is 10.0. The van der Waals surface area contributed by atoms with E-state index in [-0.39, 0.29) is 0 Å². The summed E-state index contributed by atoms with van der Waals surface area (Å²) in [6, 6.07) is 20.9. The van der Waals surface area contributed by atoms with E-state index < -0.39 is 0 Å². The summed E-state index contributed by atoms with van der Waals surface area (Å²) in [6.07, 6.45) is 7.85. The third-order valence-corrected chi connectivity index (χ3v) is 7.60. The van der Waals surface area contributed by atoms with Crippen molar-refractivity contribution in [1.29, 1.82) is 0 Å². The molecule has 2 unspecified atom stereocenters. The van der Waals surface area contributed by atoms with Crippen molar-refractivity contribution in [3.63, 3.8) is 0 Å². The van der Waals surface area contributed by atoms with Gasteiger partial charge in [-0.1, -0.05) is 54.1 Å². The van der Waals surface area contributed by atoms with Crippen LogP contribution in [-0.4, -0.2) is 47.0 Å². The van der Waals surface area contributed by atoms with Gasteiger partial charge in [0.15, 0.2) is 0 Å². The third-order valence-electron chi connectivity index (χ3n) is 7.36. The molecule has 3 aliphatic rings. The molecule has 0 amide bonds. The third kappa shape index (κ3) is 3.69. The van der Waals surface area contributed by atoms with Crippen LogP contribution in [0.25, 0.3) is 16.7 Å². The molecule has 6 rings (SSSR count). The fourth-order valence-electron chi connectivity index (χ4n) is 5.76. The number of hydrogen-bond donors (Lipinski definition) is 0. The zero-order valence-electron chi connectivity index (χ0n) is 18.5. The Labute approximate surface area is 195 Å². The minimum absolute atomic E-state index is 0.719. The van der Waals surface area contributed by atoms with E-state index in [0.717, 1.165) is 41.3 Å². The average molecular weight is 442 g/mol. The molecule has 2 saturated heterocycles. The van der Waals surface area contributed by atoms with Crippen LogP contribution in [0.4, 0.5) is 0 Å². The van der Waals surface area contributed by atoms with Crippen LogP contribution in [0, 0.1) is 0 Å². The summed E-state index contributed by atoms with van der Waals surface area (Å²) in [5.41, 5.74) is 8.57. The van der Waals surface area contributed by atoms with Crippen LogP contribution in [0.2, 0.25) is 5.02 Å². The highest BCUT2D eigenvalue weighted by Gasteiger charge is 2.38. The van der Waals surface area contributed by atoms with Crippen LogP contribution in [-0.2, 0) is 13.0 Å². The van der Waals surface area contributed by atoms with Gasteiger partial charge in [-0.15, -0.1) is 0 Å². The predicted molar refractivity (Wildman–Crippen MR) is 132 cm³/mol. The van der Waals surface area contributed by atoms with Gasteiger partial charge in [-0.05, 0) is 60.4 Å². The SMILES string of the molecule is CN1CC2CCC(C1)N2Cc1ccc(-c2cnc3c(c2)C(c2cccc(Cl)c2)=CC3)cc1. The Bertz CT molecular complexity index is 1170. The number of nitrogens with zero attached hydrogens (tertiary/aromatic N) is 3. The molecule has 3 aromatic rings. The van der Waals surface area contributed by atoms with Crippen LogP contribution >= 0.6 is 11.6 Å². The molecule has 0 spiro atoms. The molecule has 1 aliphatic carbocycles. The molecule has 1 aromatic heterocycles. The second-order valence-electron chi connectivity index (χ2n) is 9.53. The Balaban J connectivity index is 1.23. The highest BCUT2D eigenvalue weighted by atomic mass is 35.5. The van der Waals surface area contributed by atoms with Crippen molar-refractivity contribution in [1.82, 2.24) is 14.8 Å². The lowest BCUT2D eigenvalue weighted by Gasteiger charge is -2.39. The Morgan fingerprint density at radius 1 is 0.938 bits per heavy atom. The highest BCUT2D eigenvalue weighted by molar-refractivity contribution is 6.30. The number of allylic oxidation sites excluding steroid dienone is 1. The lowest BCUT2D eigenvalue weighted by atomic mass is 9.97. The largest absolute Gasteiger partial charge is 0.303 e.